The van der Waals surface area contributed by atoms with E-state index in [4.69, 9.17) is 0 Å². The molecule has 0 radical (unpaired) electrons. The summed E-state index contributed by atoms with van der Waals surface area (Å²) >= 11 is 0. The zero-order valence-electron chi connectivity index (χ0n) is 17.4. The van der Waals surface area contributed by atoms with Crippen molar-refractivity contribution >= 4 is 17.8 Å². The Hall–Kier alpha value is -3.42. The molecule has 1 aromatic heterocycles. The number of nitrogens with zero attached hydrogens (tertiary/aromatic N) is 4. The number of fused-ring (bicyclic) bond motifs is 5. The van der Waals surface area contributed by atoms with Crippen LogP contribution in [0.5, 0.6) is 0 Å². The first-order chi connectivity index (χ1) is 15.2. The molecule has 4 atom stereocenters. The molecule has 160 valence electrons. The summed E-state index contributed by atoms with van der Waals surface area (Å²) in [6, 6.07) is 11.9. The van der Waals surface area contributed by atoms with Crippen molar-refractivity contribution in [2.75, 3.05) is 20.1 Å². The second kappa shape index (κ2) is 8.02. The van der Waals surface area contributed by atoms with Crippen LogP contribution in [0, 0.1) is 23.7 Å². The lowest BCUT2D eigenvalue weighted by molar-refractivity contribution is -0.140. The van der Waals surface area contributed by atoms with Crippen LogP contribution < -0.4 is 10.6 Å². The third kappa shape index (κ3) is 3.52. The second-order valence-electron chi connectivity index (χ2n) is 8.27. The minimum Gasteiger partial charge on any atom is -0.355 e. The van der Waals surface area contributed by atoms with E-state index in [0.717, 1.165) is 17.8 Å². The molecule has 2 fully saturated rings. The zero-order valence-corrected chi connectivity index (χ0v) is 17.4. The van der Waals surface area contributed by atoms with Gasteiger partial charge in [-0.1, -0.05) is 30.4 Å². The third-order valence-electron chi connectivity index (χ3n) is 6.52. The van der Waals surface area contributed by atoms with Crippen LogP contribution in [0.4, 0.5) is 0 Å². The minimum absolute atomic E-state index is 0.0111. The Balaban J connectivity index is 1.11. The number of hydrogen-bond donors (Lipinski definition) is 2. The van der Waals surface area contributed by atoms with Crippen molar-refractivity contribution in [3.05, 3.63) is 60.4 Å². The molecular weight excluding hydrogens is 392 g/mol. The number of guanidine groups is 1. The lowest BCUT2D eigenvalue weighted by Gasteiger charge is -2.18. The number of likely N-dealkylation sites (tertiary alicyclic amines) is 1. The molecule has 8 nitrogen and oxygen atoms in total. The summed E-state index contributed by atoms with van der Waals surface area (Å²) < 4.78 is 1.83. The number of para-hydroxylation sites is 1. The highest BCUT2D eigenvalue weighted by atomic mass is 16.2. The minimum atomic E-state index is -0.139. The van der Waals surface area contributed by atoms with Gasteiger partial charge in [-0.3, -0.25) is 19.5 Å². The van der Waals surface area contributed by atoms with Crippen LogP contribution in [-0.2, 0) is 16.1 Å². The molecule has 1 saturated heterocycles. The fourth-order valence-electron chi connectivity index (χ4n) is 5.05. The largest absolute Gasteiger partial charge is 0.355 e. The molecule has 2 aliphatic carbocycles. The molecule has 1 saturated carbocycles. The summed E-state index contributed by atoms with van der Waals surface area (Å²) in [4.78, 5) is 31.2. The molecular formula is C23H26N6O2. The monoisotopic (exact) mass is 418 g/mol. The standard InChI is InChI=1S/C23H26N6O2/c1-24-23(26-14-17-9-11-29(27-17)18-5-3-2-4-6-18)25-10-12-28-21(30)19-15-7-8-16(13-15)20(19)22(28)31/h2-9,11,15-16,19-20H,10,12-14H2,1H3,(H2,24,25,26). The Labute approximate surface area is 181 Å². The average molecular weight is 419 g/mol. The van der Waals surface area contributed by atoms with Crippen molar-refractivity contribution in [1.29, 1.82) is 0 Å². The van der Waals surface area contributed by atoms with Gasteiger partial charge in [0.2, 0.25) is 11.8 Å². The molecule has 2 amide bonds. The van der Waals surface area contributed by atoms with Crippen LogP contribution >= 0.6 is 0 Å². The number of rotatable bonds is 6. The summed E-state index contributed by atoms with van der Waals surface area (Å²) in [6.07, 6.45) is 7.11. The lowest BCUT2D eigenvalue weighted by Crippen LogP contribution is -2.43. The molecule has 3 aliphatic rings. The molecule has 2 aromatic rings. The molecule has 2 N–H and O–H groups in total. The first kappa shape index (κ1) is 19.5. The van der Waals surface area contributed by atoms with Gasteiger partial charge in [0.05, 0.1) is 29.8 Å². The van der Waals surface area contributed by atoms with Gasteiger partial charge in [0.15, 0.2) is 5.96 Å². The molecule has 0 spiro atoms. The maximum Gasteiger partial charge on any atom is 0.233 e. The SMILES string of the molecule is CN=C(NCCN1C(=O)C2C3C=CC(C3)C2C1=O)NCc1ccn(-c2ccccc2)n1. The zero-order chi connectivity index (χ0) is 21.4. The number of benzene rings is 1. The van der Waals surface area contributed by atoms with Crippen molar-refractivity contribution in [3.8, 4) is 5.69 Å². The smallest absolute Gasteiger partial charge is 0.233 e. The number of aromatic nitrogens is 2. The van der Waals surface area contributed by atoms with Crippen molar-refractivity contribution in [3.63, 3.8) is 0 Å². The fraction of sp³-hybridized carbons (Fsp3) is 0.391. The molecule has 8 heteroatoms. The number of carbonyl (C=O) groups is 2. The normalized spacial score (nSPS) is 26.6. The highest BCUT2D eigenvalue weighted by Gasteiger charge is 2.58. The van der Waals surface area contributed by atoms with Crippen LogP contribution in [0.2, 0.25) is 0 Å². The van der Waals surface area contributed by atoms with Gasteiger partial charge in [-0.05, 0) is 36.5 Å². The maximum absolute atomic E-state index is 12.7. The quantitative estimate of drug-likeness (QED) is 0.320. The maximum atomic E-state index is 12.7. The van der Waals surface area contributed by atoms with E-state index in [0.29, 0.717) is 25.6 Å². The summed E-state index contributed by atoms with van der Waals surface area (Å²) in [7, 11) is 1.69. The van der Waals surface area contributed by atoms with Gasteiger partial charge in [-0.2, -0.15) is 5.10 Å². The third-order valence-corrected chi connectivity index (χ3v) is 6.52. The van der Waals surface area contributed by atoms with Crippen molar-refractivity contribution in [2.24, 2.45) is 28.7 Å². The van der Waals surface area contributed by atoms with Crippen LogP contribution in [0.15, 0.2) is 59.7 Å². The molecule has 5 rings (SSSR count). The highest BCUT2D eigenvalue weighted by Crippen LogP contribution is 2.52. The predicted molar refractivity (Wildman–Crippen MR) is 116 cm³/mol. The Kier molecular flexibility index (Phi) is 5.05. The molecule has 2 bridgehead atoms. The summed E-state index contributed by atoms with van der Waals surface area (Å²) in [5.74, 6) is 0.796. The number of allylic oxidation sites excluding steroid dienone is 2. The van der Waals surface area contributed by atoms with Gasteiger partial charge in [0, 0.05) is 26.3 Å². The van der Waals surface area contributed by atoms with Crippen LogP contribution in [0.1, 0.15) is 12.1 Å². The number of nitrogens with one attached hydrogen (secondary N) is 2. The second-order valence-corrected chi connectivity index (χ2v) is 8.27. The Morgan fingerprint density at radius 2 is 1.77 bits per heavy atom. The van der Waals surface area contributed by atoms with E-state index in [1.165, 1.54) is 4.90 Å². The van der Waals surface area contributed by atoms with Gasteiger partial charge in [0.25, 0.3) is 0 Å². The van der Waals surface area contributed by atoms with Gasteiger partial charge in [-0.25, -0.2) is 4.68 Å². The van der Waals surface area contributed by atoms with Crippen LogP contribution in [0.3, 0.4) is 0 Å². The van der Waals surface area contributed by atoms with Crippen molar-refractivity contribution in [1.82, 2.24) is 25.3 Å². The number of imide groups is 1. The van der Waals surface area contributed by atoms with Crippen LogP contribution in [-0.4, -0.2) is 52.6 Å². The first-order valence-corrected chi connectivity index (χ1v) is 10.7. The van der Waals surface area contributed by atoms with Crippen molar-refractivity contribution < 1.29 is 9.59 Å². The van der Waals surface area contributed by atoms with E-state index in [1.807, 2.05) is 47.3 Å². The topological polar surface area (TPSA) is 91.6 Å². The van der Waals surface area contributed by atoms with Crippen molar-refractivity contribution in [2.45, 2.75) is 13.0 Å². The van der Waals surface area contributed by atoms with E-state index in [1.54, 1.807) is 7.05 Å². The van der Waals surface area contributed by atoms with E-state index < -0.39 is 0 Å². The van der Waals surface area contributed by atoms with E-state index in [-0.39, 0.29) is 35.5 Å². The molecule has 2 heterocycles. The van der Waals surface area contributed by atoms with E-state index in [9.17, 15) is 9.59 Å². The Bertz CT molecular complexity index is 1010. The molecule has 31 heavy (non-hydrogen) atoms. The predicted octanol–water partition coefficient (Wildman–Crippen LogP) is 1.34. The summed E-state index contributed by atoms with van der Waals surface area (Å²) in [6.45, 7) is 1.32. The van der Waals surface area contributed by atoms with Crippen LogP contribution in [0.25, 0.3) is 5.69 Å². The van der Waals surface area contributed by atoms with Gasteiger partial charge < -0.3 is 10.6 Å². The summed E-state index contributed by atoms with van der Waals surface area (Å²) in [5.41, 5.74) is 1.89. The summed E-state index contributed by atoms with van der Waals surface area (Å²) in [5, 5.41) is 11.0. The van der Waals surface area contributed by atoms with E-state index in [2.05, 4.69) is 32.9 Å². The number of carbonyl (C=O) groups excluding carboxylic acids is 2. The number of amides is 2. The Morgan fingerprint density at radius 3 is 2.45 bits per heavy atom. The van der Waals surface area contributed by atoms with Gasteiger partial charge in [0.1, 0.15) is 0 Å². The molecule has 4 unspecified atom stereocenters. The fourth-order valence-corrected chi connectivity index (χ4v) is 5.05. The Morgan fingerprint density at radius 1 is 1.06 bits per heavy atom. The first-order valence-electron chi connectivity index (χ1n) is 10.7. The molecule has 1 aliphatic heterocycles. The number of hydrogen-bond acceptors (Lipinski definition) is 4. The lowest BCUT2D eigenvalue weighted by atomic mass is 9.85. The number of aliphatic imine (C=N–C) groups is 1. The van der Waals surface area contributed by atoms with Gasteiger partial charge in [-0.15, -0.1) is 0 Å². The molecule has 1 aromatic carbocycles. The highest BCUT2D eigenvalue weighted by molar-refractivity contribution is 6.06. The van der Waals surface area contributed by atoms with E-state index >= 15 is 0 Å². The van der Waals surface area contributed by atoms with Gasteiger partial charge >= 0.3 is 0 Å². The average Bonchev–Trinajstić information content (AvgIpc) is 3.57.